The van der Waals surface area contributed by atoms with E-state index in [-0.39, 0.29) is 24.0 Å². The molecule has 0 radical (unpaired) electrons. The van der Waals surface area contributed by atoms with Crippen LogP contribution in [0.3, 0.4) is 0 Å². The normalized spacial score (nSPS) is 15.2. The highest BCUT2D eigenvalue weighted by Gasteiger charge is 2.23. The molecule has 1 saturated heterocycles. The summed E-state index contributed by atoms with van der Waals surface area (Å²) in [6, 6.07) is 15.2. The number of imidazole rings is 1. The van der Waals surface area contributed by atoms with E-state index in [0.717, 1.165) is 42.8 Å². The zero-order valence-corrected chi connectivity index (χ0v) is 21.1. The van der Waals surface area contributed by atoms with Crippen molar-refractivity contribution in [3.8, 4) is 5.82 Å². The SMILES string of the molecule is CN=C(NCc1ccc(-n2ccnc2C)nc1)NCC(c1ccccc1)N1CCCC1.I. The monoisotopic (exact) mass is 545 g/mol. The first-order chi connectivity index (χ1) is 15.2. The fourth-order valence-corrected chi connectivity index (χ4v) is 4.07. The third-order valence-corrected chi connectivity index (χ3v) is 5.79. The van der Waals surface area contributed by atoms with Crippen LogP contribution >= 0.6 is 24.0 Å². The van der Waals surface area contributed by atoms with Gasteiger partial charge in [-0.15, -0.1) is 24.0 Å². The quantitative estimate of drug-likeness (QED) is 0.269. The van der Waals surface area contributed by atoms with E-state index >= 15 is 0 Å². The fraction of sp³-hybridized carbons (Fsp3) is 0.375. The molecule has 0 aliphatic carbocycles. The van der Waals surface area contributed by atoms with Crippen molar-refractivity contribution in [2.75, 3.05) is 26.7 Å². The molecule has 1 unspecified atom stereocenters. The molecule has 1 aliphatic rings. The third-order valence-electron chi connectivity index (χ3n) is 5.79. The molecule has 0 saturated carbocycles. The maximum atomic E-state index is 4.57. The summed E-state index contributed by atoms with van der Waals surface area (Å²) in [6.45, 7) is 5.76. The van der Waals surface area contributed by atoms with Crippen molar-refractivity contribution in [2.24, 2.45) is 4.99 Å². The first-order valence-electron chi connectivity index (χ1n) is 10.9. The second kappa shape index (κ2) is 12.0. The van der Waals surface area contributed by atoms with E-state index in [2.05, 4.69) is 66.9 Å². The average Bonchev–Trinajstić information content (AvgIpc) is 3.49. The average molecular weight is 545 g/mol. The molecule has 0 amide bonds. The topological polar surface area (TPSA) is 70.4 Å². The number of aliphatic imine (C=N–C) groups is 1. The van der Waals surface area contributed by atoms with Crippen LogP contribution in [-0.2, 0) is 6.54 Å². The molecule has 1 aromatic carbocycles. The Labute approximate surface area is 207 Å². The lowest BCUT2D eigenvalue weighted by molar-refractivity contribution is 0.245. The van der Waals surface area contributed by atoms with Crippen LogP contribution < -0.4 is 10.6 Å². The highest BCUT2D eigenvalue weighted by Crippen LogP contribution is 2.24. The lowest BCUT2D eigenvalue weighted by atomic mass is 10.1. The molecular formula is C24H32IN7. The second-order valence-corrected chi connectivity index (χ2v) is 7.85. The smallest absolute Gasteiger partial charge is 0.191 e. The molecule has 1 atom stereocenters. The Bertz CT molecular complexity index is 979. The summed E-state index contributed by atoms with van der Waals surface area (Å²) in [5.41, 5.74) is 2.45. The molecule has 7 nitrogen and oxygen atoms in total. The Morgan fingerprint density at radius 2 is 1.84 bits per heavy atom. The molecule has 3 heterocycles. The van der Waals surface area contributed by atoms with Crippen LogP contribution in [0.15, 0.2) is 66.0 Å². The summed E-state index contributed by atoms with van der Waals surface area (Å²) < 4.78 is 1.97. The van der Waals surface area contributed by atoms with Gasteiger partial charge in [-0.05, 0) is 50.0 Å². The Balaban J connectivity index is 0.00000289. The predicted octanol–water partition coefficient (Wildman–Crippen LogP) is 3.70. The number of rotatable bonds is 7. The highest BCUT2D eigenvalue weighted by molar-refractivity contribution is 14.0. The Morgan fingerprint density at radius 3 is 2.47 bits per heavy atom. The number of pyridine rings is 1. The summed E-state index contributed by atoms with van der Waals surface area (Å²) in [6.07, 6.45) is 8.15. The molecule has 0 bridgehead atoms. The lowest BCUT2D eigenvalue weighted by Crippen LogP contribution is -2.42. The van der Waals surface area contributed by atoms with Gasteiger partial charge in [0.2, 0.25) is 0 Å². The first kappa shape index (κ1) is 24.2. The maximum Gasteiger partial charge on any atom is 0.191 e. The third kappa shape index (κ3) is 6.07. The van der Waals surface area contributed by atoms with Gasteiger partial charge in [-0.25, -0.2) is 9.97 Å². The largest absolute Gasteiger partial charge is 0.354 e. The van der Waals surface area contributed by atoms with Crippen molar-refractivity contribution in [3.63, 3.8) is 0 Å². The minimum atomic E-state index is 0. The molecule has 1 aliphatic heterocycles. The Kier molecular flexibility index (Phi) is 9.04. The van der Waals surface area contributed by atoms with E-state index in [1.54, 1.807) is 6.20 Å². The first-order valence-corrected chi connectivity index (χ1v) is 10.9. The lowest BCUT2D eigenvalue weighted by Gasteiger charge is -2.29. The van der Waals surface area contributed by atoms with Gasteiger partial charge in [-0.1, -0.05) is 36.4 Å². The molecule has 1 fully saturated rings. The molecule has 2 aromatic heterocycles. The van der Waals surface area contributed by atoms with Crippen molar-refractivity contribution in [3.05, 3.63) is 78.0 Å². The van der Waals surface area contributed by atoms with Gasteiger partial charge in [-0.3, -0.25) is 14.5 Å². The van der Waals surface area contributed by atoms with E-state index in [0.29, 0.717) is 12.6 Å². The van der Waals surface area contributed by atoms with Crippen molar-refractivity contribution < 1.29 is 0 Å². The van der Waals surface area contributed by atoms with Crippen LogP contribution in [0, 0.1) is 6.92 Å². The van der Waals surface area contributed by atoms with Gasteiger partial charge in [0.1, 0.15) is 11.6 Å². The number of halogens is 1. The van der Waals surface area contributed by atoms with Crippen molar-refractivity contribution in [1.29, 1.82) is 0 Å². The Hall–Kier alpha value is -2.46. The van der Waals surface area contributed by atoms with Gasteiger partial charge in [0.25, 0.3) is 0 Å². The van der Waals surface area contributed by atoms with Gasteiger partial charge in [0, 0.05) is 38.7 Å². The predicted molar refractivity (Wildman–Crippen MR) is 140 cm³/mol. The van der Waals surface area contributed by atoms with Gasteiger partial charge in [0.15, 0.2) is 5.96 Å². The minimum Gasteiger partial charge on any atom is -0.354 e. The van der Waals surface area contributed by atoms with E-state index < -0.39 is 0 Å². The number of aromatic nitrogens is 3. The molecule has 32 heavy (non-hydrogen) atoms. The van der Waals surface area contributed by atoms with Crippen LogP contribution in [0.2, 0.25) is 0 Å². The van der Waals surface area contributed by atoms with Crippen molar-refractivity contribution in [2.45, 2.75) is 32.4 Å². The second-order valence-electron chi connectivity index (χ2n) is 7.85. The number of nitrogens with zero attached hydrogens (tertiary/aromatic N) is 5. The number of guanidine groups is 1. The Morgan fingerprint density at radius 1 is 1.06 bits per heavy atom. The van der Waals surface area contributed by atoms with E-state index in [1.165, 1.54) is 18.4 Å². The van der Waals surface area contributed by atoms with Gasteiger partial charge < -0.3 is 10.6 Å². The molecule has 3 aromatic rings. The molecular weight excluding hydrogens is 513 g/mol. The van der Waals surface area contributed by atoms with Crippen molar-refractivity contribution >= 4 is 29.9 Å². The standard InChI is InChI=1S/C24H31N7.HI/c1-19-26-12-15-31(19)23-11-10-20(16-27-23)17-28-24(25-2)29-18-22(30-13-6-7-14-30)21-8-4-3-5-9-21;/h3-5,8-12,15-16,22H,6-7,13-14,17-18H2,1-2H3,(H2,25,28,29);1H. The van der Waals surface area contributed by atoms with E-state index in [1.807, 2.05) is 37.0 Å². The number of likely N-dealkylation sites (tertiary alicyclic amines) is 1. The number of nitrogens with one attached hydrogen (secondary N) is 2. The summed E-state index contributed by atoms with van der Waals surface area (Å²) in [5, 5.41) is 6.93. The van der Waals surface area contributed by atoms with Crippen molar-refractivity contribution in [1.82, 2.24) is 30.1 Å². The summed E-state index contributed by atoms with van der Waals surface area (Å²) in [7, 11) is 1.81. The molecule has 2 N–H and O–H groups in total. The van der Waals surface area contributed by atoms with Gasteiger partial charge in [-0.2, -0.15) is 0 Å². The zero-order valence-electron chi connectivity index (χ0n) is 18.7. The van der Waals surface area contributed by atoms with E-state index in [9.17, 15) is 0 Å². The van der Waals surface area contributed by atoms with Crippen LogP contribution in [0.25, 0.3) is 5.82 Å². The highest BCUT2D eigenvalue weighted by atomic mass is 127. The van der Waals surface area contributed by atoms with Crippen LogP contribution in [-0.4, -0.2) is 52.1 Å². The minimum absolute atomic E-state index is 0. The number of aryl methyl sites for hydroxylation is 1. The van der Waals surface area contributed by atoms with Crippen LogP contribution in [0.1, 0.15) is 35.8 Å². The summed E-state index contributed by atoms with van der Waals surface area (Å²) >= 11 is 0. The number of hydrogen-bond acceptors (Lipinski definition) is 4. The van der Waals surface area contributed by atoms with Gasteiger partial charge >= 0.3 is 0 Å². The fourth-order valence-electron chi connectivity index (χ4n) is 4.07. The number of hydrogen-bond donors (Lipinski definition) is 2. The molecule has 8 heteroatoms. The summed E-state index contributed by atoms with van der Waals surface area (Å²) in [4.78, 5) is 15.8. The molecule has 0 spiro atoms. The van der Waals surface area contributed by atoms with Crippen LogP contribution in [0.4, 0.5) is 0 Å². The summed E-state index contributed by atoms with van der Waals surface area (Å²) in [5.74, 6) is 2.60. The maximum absolute atomic E-state index is 4.57. The zero-order chi connectivity index (χ0) is 21.5. The van der Waals surface area contributed by atoms with Gasteiger partial charge in [0.05, 0.1) is 6.04 Å². The van der Waals surface area contributed by atoms with E-state index in [4.69, 9.17) is 0 Å². The molecule has 170 valence electrons. The molecule has 4 rings (SSSR count). The van der Waals surface area contributed by atoms with Crippen LogP contribution in [0.5, 0.6) is 0 Å². The number of benzene rings is 1.